The van der Waals surface area contributed by atoms with E-state index in [9.17, 15) is 0 Å². The van der Waals surface area contributed by atoms with Gasteiger partial charge in [-0.05, 0) is 18.1 Å². The van der Waals surface area contributed by atoms with Gasteiger partial charge < -0.3 is 15.2 Å². The first kappa shape index (κ1) is 13.9. The van der Waals surface area contributed by atoms with E-state index in [-0.39, 0.29) is 6.04 Å². The minimum absolute atomic E-state index is 0.0387. The normalized spacial score (nSPS) is 16.9. The van der Waals surface area contributed by atoms with Crippen LogP contribution in [0.25, 0.3) is 0 Å². The highest BCUT2D eigenvalue weighted by molar-refractivity contribution is 5.44. The molecule has 21 heavy (non-hydrogen) atoms. The van der Waals surface area contributed by atoms with E-state index < -0.39 is 0 Å². The molecule has 1 unspecified atom stereocenters. The zero-order valence-corrected chi connectivity index (χ0v) is 12.3. The molecular formula is C15H20N4O2. The second kappa shape index (κ2) is 5.73. The number of ether oxygens (including phenoxy) is 2. The monoisotopic (exact) mass is 288 g/mol. The lowest BCUT2D eigenvalue weighted by Gasteiger charge is -2.10. The van der Waals surface area contributed by atoms with Crippen LogP contribution < -0.4 is 15.2 Å². The predicted molar refractivity (Wildman–Crippen MR) is 78.1 cm³/mol. The summed E-state index contributed by atoms with van der Waals surface area (Å²) in [5.41, 5.74) is 6.96. The lowest BCUT2D eigenvalue weighted by atomic mass is 10.1. The third-order valence-electron chi connectivity index (χ3n) is 3.40. The molecule has 1 aliphatic rings. The summed E-state index contributed by atoms with van der Waals surface area (Å²) < 4.78 is 13.2. The first-order valence-corrected chi connectivity index (χ1v) is 7.15. The number of fused-ring (bicyclic) bond motifs is 1. The summed E-state index contributed by atoms with van der Waals surface area (Å²) in [5, 5.41) is 4.22. The van der Waals surface area contributed by atoms with Crippen molar-refractivity contribution in [3.63, 3.8) is 0 Å². The van der Waals surface area contributed by atoms with Gasteiger partial charge in [0.15, 0.2) is 5.82 Å². The molecular weight excluding hydrogens is 268 g/mol. The van der Waals surface area contributed by atoms with Crippen LogP contribution in [0.4, 0.5) is 0 Å². The maximum atomic E-state index is 5.93. The summed E-state index contributed by atoms with van der Waals surface area (Å²) in [5.74, 6) is 2.90. The molecule has 0 saturated carbocycles. The van der Waals surface area contributed by atoms with Crippen molar-refractivity contribution < 1.29 is 9.47 Å². The summed E-state index contributed by atoms with van der Waals surface area (Å²) in [4.78, 5) is 4.24. The summed E-state index contributed by atoms with van der Waals surface area (Å²) in [6.45, 7) is 6.04. The number of aromatic nitrogens is 3. The molecule has 2 heterocycles. The van der Waals surface area contributed by atoms with Crippen LogP contribution in [-0.2, 0) is 13.2 Å². The number of nitrogens with two attached hydrogens (primary N) is 1. The minimum atomic E-state index is -0.0387. The van der Waals surface area contributed by atoms with E-state index in [0.29, 0.717) is 19.1 Å². The van der Waals surface area contributed by atoms with Gasteiger partial charge in [0.05, 0.1) is 6.04 Å². The van der Waals surface area contributed by atoms with Gasteiger partial charge in [-0.3, -0.25) is 0 Å². The standard InChI is InChI=1S/C15H20N4O2/c1-10(2)6-19-15(17-9-18-19)8-20-11-3-4-12-13(16)7-21-14(12)5-11/h3-5,9-10,13H,6-8,16H2,1-2H3. The van der Waals surface area contributed by atoms with Crippen molar-refractivity contribution in [3.05, 3.63) is 35.9 Å². The van der Waals surface area contributed by atoms with Gasteiger partial charge >= 0.3 is 0 Å². The molecule has 112 valence electrons. The summed E-state index contributed by atoms with van der Waals surface area (Å²) in [6, 6.07) is 5.71. The van der Waals surface area contributed by atoms with Crippen LogP contribution in [0.1, 0.15) is 31.3 Å². The van der Waals surface area contributed by atoms with Crippen molar-refractivity contribution in [3.8, 4) is 11.5 Å². The molecule has 6 nitrogen and oxygen atoms in total. The fraction of sp³-hybridized carbons (Fsp3) is 0.467. The van der Waals surface area contributed by atoms with Crippen LogP contribution in [0, 0.1) is 5.92 Å². The Morgan fingerprint density at radius 2 is 2.33 bits per heavy atom. The van der Waals surface area contributed by atoms with Gasteiger partial charge in [-0.1, -0.05) is 13.8 Å². The molecule has 0 amide bonds. The second-order valence-electron chi connectivity index (χ2n) is 5.66. The Bertz CT molecular complexity index is 624. The lowest BCUT2D eigenvalue weighted by molar-refractivity contribution is 0.280. The Morgan fingerprint density at radius 3 is 3.14 bits per heavy atom. The van der Waals surface area contributed by atoms with Crippen molar-refractivity contribution in [2.75, 3.05) is 6.61 Å². The number of benzene rings is 1. The van der Waals surface area contributed by atoms with Gasteiger partial charge in [-0.15, -0.1) is 0 Å². The van der Waals surface area contributed by atoms with E-state index in [1.807, 2.05) is 22.9 Å². The van der Waals surface area contributed by atoms with Crippen LogP contribution in [0.2, 0.25) is 0 Å². The second-order valence-corrected chi connectivity index (χ2v) is 5.66. The number of hydrogen-bond donors (Lipinski definition) is 1. The summed E-state index contributed by atoms with van der Waals surface area (Å²) in [6.07, 6.45) is 1.56. The molecule has 1 aromatic carbocycles. The number of hydrogen-bond acceptors (Lipinski definition) is 5. The Balaban J connectivity index is 1.67. The summed E-state index contributed by atoms with van der Waals surface area (Å²) in [7, 11) is 0. The molecule has 2 aromatic rings. The minimum Gasteiger partial charge on any atom is -0.491 e. The highest BCUT2D eigenvalue weighted by Crippen LogP contribution is 2.34. The first-order valence-electron chi connectivity index (χ1n) is 7.15. The molecule has 0 radical (unpaired) electrons. The van der Waals surface area contributed by atoms with E-state index >= 15 is 0 Å². The third-order valence-corrected chi connectivity index (χ3v) is 3.40. The quantitative estimate of drug-likeness (QED) is 0.909. The molecule has 0 bridgehead atoms. The molecule has 0 aliphatic carbocycles. The maximum absolute atomic E-state index is 5.93. The van der Waals surface area contributed by atoms with Crippen molar-refractivity contribution in [1.29, 1.82) is 0 Å². The Labute approximate surface area is 123 Å². The van der Waals surface area contributed by atoms with Crippen molar-refractivity contribution >= 4 is 0 Å². The third kappa shape index (κ3) is 3.00. The number of nitrogens with zero attached hydrogens (tertiary/aromatic N) is 3. The number of rotatable bonds is 5. The Kier molecular flexibility index (Phi) is 3.79. The molecule has 1 aromatic heterocycles. The zero-order chi connectivity index (χ0) is 14.8. The Hall–Kier alpha value is -2.08. The lowest BCUT2D eigenvalue weighted by Crippen LogP contribution is -2.12. The smallest absolute Gasteiger partial charge is 0.164 e. The van der Waals surface area contributed by atoms with E-state index in [0.717, 1.165) is 29.4 Å². The average Bonchev–Trinajstić information content (AvgIpc) is 3.03. The molecule has 6 heteroatoms. The molecule has 2 N–H and O–H groups in total. The van der Waals surface area contributed by atoms with Gasteiger partial charge in [0.2, 0.25) is 0 Å². The van der Waals surface area contributed by atoms with E-state index in [1.54, 1.807) is 6.33 Å². The molecule has 1 aliphatic heterocycles. The van der Waals surface area contributed by atoms with E-state index in [2.05, 4.69) is 23.9 Å². The van der Waals surface area contributed by atoms with Crippen LogP contribution in [0.15, 0.2) is 24.5 Å². The highest BCUT2D eigenvalue weighted by atomic mass is 16.5. The highest BCUT2D eigenvalue weighted by Gasteiger charge is 2.20. The molecule has 0 fully saturated rings. The molecule has 3 rings (SSSR count). The predicted octanol–water partition coefficient (Wildman–Crippen LogP) is 1.91. The fourth-order valence-corrected chi connectivity index (χ4v) is 2.35. The van der Waals surface area contributed by atoms with Gasteiger partial charge in [0.25, 0.3) is 0 Å². The first-order chi connectivity index (χ1) is 10.1. The summed E-state index contributed by atoms with van der Waals surface area (Å²) >= 11 is 0. The Morgan fingerprint density at radius 1 is 1.48 bits per heavy atom. The van der Waals surface area contributed by atoms with Crippen LogP contribution in [0.5, 0.6) is 11.5 Å². The maximum Gasteiger partial charge on any atom is 0.164 e. The topological polar surface area (TPSA) is 75.2 Å². The average molecular weight is 288 g/mol. The van der Waals surface area contributed by atoms with Gasteiger partial charge in [0, 0.05) is 18.2 Å². The van der Waals surface area contributed by atoms with Crippen molar-refractivity contribution in [1.82, 2.24) is 14.8 Å². The molecule has 0 spiro atoms. The SMILES string of the molecule is CC(C)Cn1ncnc1COc1ccc2c(c1)OCC2N. The van der Waals surface area contributed by atoms with Gasteiger partial charge in [-0.25, -0.2) is 9.67 Å². The zero-order valence-electron chi connectivity index (χ0n) is 12.3. The van der Waals surface area contributed by atoms with Crippen molar-refractivity contribution in [2.45, 2.75) is 33.0 Å². The molecule has 1 atom stereocenters. The van der Waals surface area contributed by atoms with Crippen LogP contribution >= 0.6 is 0 Å². The van der Waals surface area contributed by atoms with Gasteiger partial charge in [0.1, 0.15) is 31.0 Å². The van der Waals surface area contributed by atoms with Crippen molar-refractivity contribution in [2.24, 2.45) is 11.7 Å². The largest absolute Gasteiger partial charge is 0.491 e. The molecule has 0 saturated heterocycles. The van der Waals surface area contributed by atoms with Gasteiger partial charge in [-0.2, -0.15) is 5.10 Å². The van der Waals surface area contributed by atoms with Crippen LogP contribution in [-0.4, -0.2) is 21.4 Å². The van der Waals surface area contributed by atoms with Crippen LogP contribution in [0.3, 0.4) is 0 Å². The van der Waals surface area contributed by atoms with E-state index in [1.165, 1.54) is 0 Å². The van der Waals surface area contributed by atoms with E-state index in [4.69, 9.17) is 15.2 Å². The fourth-order valence-electron chi connectivity index (χ4n) is 2.35.